The molecule has 0 bridgehead atoms. The molecule has 3 aromatic carbocycles. The molecule has 1 aliphatic carbocycles. The smallest absolute Gasteiger partial charge is 0.302 e. The zero-order valence-electron chi connectivity index (χ0n) is 17.2. The number of esters is 1. The maximum Gasteiger partial charge on any atom is 0.302 e. The van der Waals surface area contributed by atoms with Gasteiger partial charge >= 0.3 is 5.97 Å². The molecule has 4 rings (SSSR count). The van der Waals surface area contributed by atoms with Crippen LogP contribution in [0.25, 0.3) is 0 Å². The van der Waals surface area contributed by atoms with Gasteiger partial charge in [-0.2, -0.15) is 0 Å². The number of carbonyl (C=O) groups is 1. The summed E-state index contributed by atoms with van der Waals surface area (Å²) in [5.74, 6) is -0.364. The molecule has 1 N–H and O–H groups in total. The van der Waals surface area contributed by atoms with Crippen molar-refractivity contribution in [2.75, 3.05) is 6.61 Å². The summed E-state index contributed by atoms with van der Waals surface area (Å²) in [6.07, 6.45) is 0.0336. The van der Waals surface area contributed by atoms with Crippen molar-refractivity contribution in [2.45, 2.75) is 30.8 Å². The monoisotopic (exact) mass is 542 g/mol. The molecule has 160 valence electrons. The summed E-state index contributed by atoms with van der Waals surface area (Å²) in [6.45, 7) is 1.39. The SMILES string of the molecule is CC(=O)OCC(O)[C@@H]1CC(c2ccc(Br)cc2)(c2ccc(Br)cc2)[C@H]1c1ccccc1. The Morgan fingerprint density at radius 2 is 1.48 bits per heavy atom. The van der Waals surface area contributed by atoms with E-state index in [2.05, 4.69) is 92.5 Å². The zero-order valence-corrected chi connectivity index (χ0v) is 20.3. The van der Waals surface area contributed by atoms with Crippen molar-refractivity contribution in [1.82, 2.24) is 0 Å². The van der Waals surface area contributed by atoms with Crippen molar-refractivity contribution in [2.24, 2.45) is 5.92 Å². The number of hydrogen-bond acceptors (Lipinski definition) is 3. The third kappa shape index (κ3) is 4.36. The average Bonchev–Trinajstić information content (AvgIpc) is 2.75. The summed E-state index contributed by atoms with van der Waals surface area (Å²) in [5.41, 5.74) is 3.31. The summed E-state index contributed by atoms with van der Waals surface area (Å²) < 4.78 is 7.22. The molecular weight excluding hydrogens is 520 g/mol. The Bertz CT molecular complexity index is 987. The highest BCUT2D eigenvalue weighted by Crippen LogP contribution is 2.62. The Morgan fingerprint density at radius 1 is 0.968 bits per heavy atom. The third-order valence-corrected chi connectivity index (χ3v) is 7.40. The van der Waals surface area contributed by atoms with E-state index in [9.17, 15) is 9.90 Å². The van der Waals surface area contributed by atoms with Gasteiger partial charge in [-0.25, -0.2) is 0 Å². The highest BCUT2D eigenvalue weighted by Gasteiger charge is 2.58. The van der Waals surface area contributed by atoms with E-state index in [0.717, 1.165) is 15.4 Å². The molecule has 0 radical (unpaired) electrons. The van der Waals surface area contributed by atoms with E-state index in [4.69, 9.17) is 4.74 Å². The molecule has 3 atom stereocenters. The first kappa shape index (κ1) is 22.3. The van der Waals surface area contributed by atoms with Crippen molar-refractivity contribution < 1.29 is 14.6 Å². The molecule has 0 spiro atoms. The molecule has 0 amide bonds. The van der Waals surface area contributed by atoms with Gasteiger partial charge in [0.25, 0.3) is 0 Å². The topological polar surface area (TPSA) is 46.5 Å². The summed E-state index contributed by atoms with van der Waals surface area (Å²) in [5, 5.41) is 11.0. The van der Waals surface area contributed by atoms with E-state index in [1.165, 1.54) is 23.6 Å². The molecule has 1 fully saturated rings. The van der Waals surface area contributed by atoms with Gasteiger partial charge in [0.15, 0.2) is 0 Å². The van der Waals surface area contributed by atoms with Crippen LogP contribution in [0.3, 0.4) is 0 Å². The van der Waals surface area contributed by atoms with Crippen molar-refractivity contribution >= 4 is 37.8 Å². The van der Waals surface area contributed by atoms with Gasteiger partial charge in [0.05, 0.1) is 6.10 Å². The van der Waals surface area contributed by atoms with Crippen LogP contribution in [0.4, 0.5) is 0 Å². The number of benzene rings is 3. The molecule has 1 unspecified atom stereocenters. The minimum absolute atomic E-state index is 0.0140. The molecular formula is C26H24Br2O3. The van der Waals surface area contributed by atoms with Crippen LogP contribution in [-0.2, 0) is 14.9 Å². The molecule has 1 saturated carbocycles. The van der Waals surface area contributed by atoms with Crippen molar-refractivity contribution in [3.63, 3.8) is 0 Å². The van der Waals surface area contributed by atoms with Crippen molar-refractivity contribution in [3.05, 3.63) is 104 Å². The molecule has 1 aliphatic rings. The quantitative estimate of drug-likeness (QED) is 0.375. The van der Waals surface area contributed by atoms with Gasteiger partial charge in [0.2, 0.25) is 0 Å². The predicted molar refractivity (Wildman–Crippen MR) is 129 cm³/mol. The molecule has 0 aromatic heterocycles. The number of hydrogen-bond donors (Lipinski definition) is 1. The Hall–Kier alpha value is -1.95. The predicted octanol–water partition coefficient (Wildman–Crippen LogP) is 6.23. The fraction of sp³-hybridized carbons (Fsp3) is 0.269. The molecule has 0 aliphatic heterocycles. The summed E-state index contributed by atoms with van der Waals surface area (Å²) in [6, 6.07) is 27.3. The second-order valence-electron chi connectivity index (χ2n) is 8.11. The van der Waals surface area contributed by atoms with E-state index >= 15 is 0 Å². The summed E-state index contributed by atoms with van der Waals surface area (Å²) in [4.78, 5) is 11.3. The van der Waals surface area contributed by atoms with E-state index in [1.807, 2.05) is 18.2 Å². The number of aliphatic hydroxyl groups excluding tert-OH is 1. The second-order valence-corrected chi connectivity index (χ2v) is 9.94. The lowest BCUT2D eigenvalue weighted by Gasteiger charge is -2.58. The normalized spacial score (nSPS) is 20.5. The maximum absolute atomic E-state index is 11.3. The minimum Gasteiger partial charge on any atom is -0.463 e. The van der Waals surface area contributed by atoms with Crippen molar-refractivity contribution in [1.29, 1.82) is 0 Å². The van der Waals surface area contributed by atoms with Gasteiger partial charge in [0, 0.05) is 27.2 Å². The van der Waals surface area contributed by atoms with Gasteiger partial charge < -0.3 is 9.84 Å². The van der Waals surface area contributed by atoms with Gasteiger partial charge in [-0.15, -0.1) is 0 Å². The number of halogens is 2. The molecule has 0 saturated heterocycles. The summed E-state index contributed by atoms with van der Waals surface area (Å²) >= 11 is 7.10. The first-order valence-corrected chi connectivity index (χ1v) is 11.9. The Morgan fingerprint density at radius 3 is 1.97 bits per heavy atom. The minimum atomic E-state index is -0.729. The van der Waals surface area contributed by atoms with Crippen LogP contribution < -0.4 is 0 Å². The van der Waals surface area contributed by atoms with Gasteiger partial charge in [-0.3, -0.25) is 4.79 Å². The lowest BCUT2D eigenvalue weighted by atomic mass is 9.45. The van der Waals surface area contributed by atoms with Gasteiger partial charge in [0.1, 0.15) is 6.61 Å². The van der Waals surface area contributed by atoms with E-state index in [0.29, 0.717) is 0 Å². The maximum atomic E-state index is 11.3. The standard InChI is InChI=1S/C26H24Br2O3/c1-17(29)31-16-24(30)23-15-26(19-7-11-21(27)12-8-19,20-9-13-22(28)14-10-20)25(23)18-5-3-2-4-6-18/h2-14,23-25,30H,15-16H2,1H3/t23-,24?,25-/m0/s1. The van der Waals surface area contributed by atoms with E-state index < -0.39 is 6.10 Å². The van der Waals surface area contributed by atoms with Crippen LogP contribution in [0.15, 0.2) is 87.8 Å². The fourth-order valence-electron chi connectivity index (χ4n) is 4.95. The molecule has 5 heteroatoms. The Balaban J connectivity index is 1.83. The second kappa shape index (κ2) is 9.27. The number of rotatable bonds is 6. The zero-order chi connectivity index (χ0) is 22.0. The van der Waals surface area contributed by atoms with Crippen LogP contribution >= 0.6 is 31.9 Å². The number of ether oxygens (including phenoxy) is 1. The highest BCUT2D eigenvalue weighted by atomic mass is 79.9. The largest absolute Gasteiger partial charge is 0.463 e. The molecule has 3 aromatic rings. The van der Waals surface area contributed by atoms with Crippen molar-refractivity contribution in [3.8, 4) is 0 Å². The van der Waals surface area contributed by atoms with E-state index in [1.54, 1.807) is 0 Å². The molecule has 31 heavy (non-hydrogen) atoms. The highest BCUT2D eigenvalue weighted by molar-refractivity contribution is 9.10. The first-order chi connectivity index (χ1) is 14.9. The lowest BCUT2D eigenvalue weighted by Crippen LogP contribution is -2.55. The Labute approximate surface area is 199 Å². The Kier molecular flexibility index (Phi) is 6.65. The van der Waals surface area contributed by atoms with E-state index in [-0.39, 0.29) is 29.8 Å². The van der Waals surface area contributed by atoms with Gasteiger partial charge in [-0.05, 0) is 53.3 Å². The van der Waals surface area contributed by atoms with Crippen LogP contribution in [0, 0.1) is 5.92 Å². The van der Waals surface area contributed by atoms with Gasteiger partial charge in [-0.1, -0.05) is 86.5 Å². The van der Waals surface area contributed by atoms with Crippen LogP contribution in [0.2, 0.25) is 0 Å². The fourth-order valence-corrected chi connectivity index (χ4v) is 5.48. The average molecular weight is 544 g/mol. The first-order valence-electron chi connectivity index (χ1n) is 10.3. The molecule has 0 heterocycles. The summed E-state index contributed by atoms with van der Waals surface area (Å²) in [7, 11) is 0. The molecule has 3 nitrogen and oxygen atoms in total. The number of carbonyl (C=O) groups excluding carboxylic acids is 1. The van der Waals surface area contributed by atoms with Crippen LogP contribution in [0.1, 0.15) is 36.0 Å². The van der Waals surface area contributed by atoms with Crippen LogP contribution in [0.5, 0.6) is 0 Å². The van der Waals surface area contributed by atoms with Crippen LogP contribution in [-0.4, -0.2) is 23.8 Å². The third-order valence-electron chi connectivity index (χ3n) is 6.35. The number of aliphatic hydroxyl groups is 1. The lowest BCUT2D eigenvalue weighted by molar-refractivity contribution is -0.147.